The summed E-state index contributed by atoms with van der Waals surface area (Å²) in [6.45, 7) is 1.99. The number of hydrogen-bond donors (Lipinski definition) is 1. The van der Waals surface area contributed by atoms with Crippen LogP contribution in [0.15, 0.2) is 60.8 Å². The SMILES string of the molecule is C[C@H](CCc1ccccc1)NC(=O)c1cn(-c2ccc(Cl)cc2)nn1. The first kappa shape index (κ1) is 17.2. The molecule has 1 N–H and O–H groups in total. The van der Waals surface area contributed by atoms with Gasteiger partial charge in [0.25, 0.3) is 5.91 Å². The Labute approximate surface area is 151 Å². The van der Waals surface area contributed by atoms with Crippen LogP contribution in [0.2, 0.25) is 5.02 Å². The van der Waals surface area contributed by atoms with Crippen molar-refractivity contribution in [2.45, 2.75) is 25.8 Å². The van der Waals surface area contributed by atoms with Crippen LogP contribution in [0.5, 0.6) is 0 Å². The average molecular weight is 355 g/mol. The van der Waals surface area contributed by atoms with Gasteiger partial charge in [0.15, 0.2) is 5.69 Å². The predicted molar refractivity (Wildman–Crippen MR) is 98.1 cm³/mol. The van der Waals surface area contributed by atoms with Crippen molar-refractivity contribution in [1.82, 2.24) is 20.3 Å². The normalized spacial score (nSPS) is 11.9. The van der Waals surface area contributed by atoms with Gasteiger partial charge >= 0.3 is 0 Å². The van der Waals surface area contributed by atoms with Crippen LogP contribution in [0.3, 0.4) is 0 Å². The zero-order valence-electron chi connectivity index (χ0n) is 13.9. The smallest absolute Gasteiger partial charge is 0.273 e. The molecule has 0 aliphatic heterocycles. The summed E-state index contributed by atoms with van der Waals surface area (Å²) in [7, 11) is 0. The molecule has 2 aromatic carbocycles. The highest BCUT2D eigenvalue weighted by Crippen LogP contribution is 2.13. The molecule has 0 spiro atoms. The van der Waals surface area contributed by atoms with Crippen LogP contribution in [-0.2, 0) is 6.42 Å². The Balaban J connectivity index is 1.57. The van der Waals surface area contributed by atoms with Gasteiger partial charge < -0.3 is 5.32 Å². The minimum atomic E-state index is -0.222. The number of carbonyl (C=O) groups is 1. The summed E-state index contributed by atoms with van der Waals surface area (Å²) in [4.78, 5) is 12.3. The highest BCUT2D eigenvalue weighted by molar-refractivity contribution is 6.30. The van der Waals surface area contributed by atoms with E-state index in [0.29, 0.717) is 10.7 Å². The summed E-state index contributed by atoms with van der Waals surface area (Å²) in [6.07, 6.45) is 3.39. The van der Waals surface area contributed by atoms with Crippen LogP contribution in [-0.4, -0.2) is 26.9 Å². The van der Waals surface area contributed by atoms with Gasteiger partial charge in [-0.2, -0.15) is 0 Å². The van der Waals surface area contributed by atoms with Gasteiger partial charge in [0, 0.05) is 11.1 Å². The molecule has 0 radical (unpaired) electrons. The Morgan fingerprint density at radius 3 is 2.60 bits per heavy atom. The van der Waals surface area contributed by atoms with Crippen molar-refractivity contribution < 1.29 is 4.79 Å². The molecule has 1 heterocycles. The third kappa shape index (κ3) is 4.67. The van der Waals surface area contributed by atoms with Gasteiger partial charge in [-0.05, 0) is 49.6 Å². The van der Waals surface area contributed by atoms with Gasteiger partial charge in [0.05, 0.1) is 11.9 Å². The van der Waals surface area contributed by atoms with E-state index in [4.69, 9.17) is 11.6 Å². The van der Waals surface area contributed by atoms with Crippen molar-refractivity contribution in [2.75, 3.05) is 0 Å². The summed E-state index contributed by atoms with van der Waals surface area (Å²) in [5.41, 5.74) is 2.35. The van der Waals surface area contributed by atoms with Crippen LogP contribution in [0, 0.1) is 0 Å². The van der Waals surface area contributed by atoms with E-state index >= 15 is 0 Å². The highest BCUT2D eigenvalue weighted by Gasteiger charge is 2.14. The number of hydrogen-bond acceptors (Lipinski definition) is 3. The molecule has 0 saturated carbocycles. The molecule has 25 heavy (non-hydrogen) atoms. The number of halogens is 1. The Hall–Kier alpha value is -2.66. The third-order valence-corrected chi connectivity index (χ3v) is 4.16. The maximum atomic E-state index is 12.3. The van der Waals surface area contributed by atoms with E-state index in [2.05, 4.69) is 27.8 Å². The number of aromatic nitrogens is 3. The number of carbonyl (C=O) groups excluding carboxylic acids is 1. The number of amides is 1. The summed E-state index contributed by atoms with van der Waals surface area (Å²) in [5.74, 6) is -0.222. The maximum Gasteiger partial charge on any atom is 0.273 e. The lowest BCUT2D eigenvalue weighted by Crippen LogP contribution is -2.33. The van der Waals surface area contributed by atoms with Crippen LogP contribution in [0.4, 0.5) is 0 Å². The number of aryl methyl sites for hydroxylation is 1. The van der Waals surface area contributed by atoms with E-state index in [1.165, 1.54) is 5.56 Å². The van der Waals surface area contributed by atoms with Gasteiger partial charge in [0.2, 0.25) is 0 Å². The monoisotopic (exact) mass is 354 g/mol. The van der Waals surface area contributed by atoms with Crippen molar-refractivity contribution in [3.8, 4) is 5.69 Å². The van der Waals surface area contributed by atoms with Crippen LogP contribution in [0.1, 0.15) is 29.4 Å². The molecule has 0 bridgehead atoms. The van der Waals surface area contributed by atoms with Crippen molar-refractivity contribution in [2.24, 2.45) is 0 Å². The van der Waals surface area contributed by atoms with E-state index in [-0.39, 0.29) is 11.9 Å². The molecule has 0 saturated heterocycles. The molecule has 1 atom stereocenters. The standard InChI is InChI=1S/C19H19ClN4O/c1-14(7-8-15-5-3-2-4-6-15)21-19(25)18-13-24(23-22-18)17-11-9-16(20)10-12-17/h2-6,9-14H,7-8H2,1H3,(H,21,25)/t14-/m1/s1. The Morgan fingerprint density at radius 1 is 1.16 bits per heavy atom. The molecule has 3 aromatic rings. The number of benzene rings is 2. The Bertz CT molecular complexity index is 830. The molecule has 0 unspecified atom stereocenters. The molecule has 0 fully saturated rings. The van der Waals surface area contributed by atoms with Crippen LogP contribution >= 0.6 is 11.6 Å². The molecule has 6 heteroatoms. The topological polar surface area (TPSA) is 59.8 Å². The summed E-state index contributed by atoms with van der Waals surface area (Å²) >= 11 is 5.88. The minimum Gasteiger partial charge on any atom is -0.348 e. The number of nitrogens with one attached hydrogen (secondary N) is 1. The second-order valence-corrected chi connectivity index (χ2v) is 6.36. The van der Waals surface area contributed by atoms with Crippen molar-refractivity contribution in [1.29, 1.82) is 0 Å². The molecule has 1 amide bonds. The van der Waals surface area contributed by atoms with Crippen LogP contribution in [0.25, 0.3) is 5.69 Å². The maximum absolute atomic E-state index is 12.3. The lowest BCUT2D eigenvalue weighted by molar-refractivity contribution is 0.0933. The van der Waals surface area contributed by atoms with Crippen molar-refractivity contribution >= 4 is 17.5 Å². The molecular formula is C19H19ClN4O. The Morgan fingerprint density at radius 2 is 1.88 bits per heavy atom. The zero-order chi connectivity index (χ0) is 17.6. The number of nitrogens with zero attached hydrogens (tertiary/aromatic N) is 3. The van der Waals surface area contributed by atoms with E-state index < -0.39 is 0 Å². The summed E-state index contributed by atoms with van der Waals surface area (Å²) < 4.78 is 1.56. The largest absolute Gasteiger partial charge is 0.348 e. The van der Waals surface area contributed by atoms with Crippen molar-refractivity contribution in [3.63, 3.8) is 0 Å². The second kappa shape index (κ2) is 7.94. The molecule has 0 aliphatic rings. The van der Waals surface area contributed by atoms with Crippen LogP contribution < -0.4 is 5.32 Å². The second-order valence-electron chi connectivity index (χ2n) is 5.92. The lowest BCUT2D eigenvalue weighted by atomic mass is 10.1. The van der Waals surface area contributed by atoms with E-state index in [0.717, 1.165) is 18.5 Å². The summed E-state index contributed by atoms with van der Waals surface area (Å²) in [6, 6.07) is 17.4. The van der Waals surface area contributed by atoms with Crippen molar-refractivity contribution in [3.05, 3.63) is 77.1 Å². The van der Waals surface area contributed by atoms with Gasteiger partial charge in [-0.1, -0.05) is 47.1 Å². The molecule has 0 aliphatic carbocycles. The average Bonchev–Trinajstić information content (AvgIpc) is 3.12. The Kier molecular flexibility index (Phi) is 5.46. The van der Waals surface area contributed by atoms with Gasteiger partial charge in [-0.3, -0.25) is 4.79 Å². The van der Waals surface area contributed by atoms with Gasteiger partial charge in [-0.15, -0.1) is 5.10 Å². The number of rotatable bonds is 6. The first-order valence-corrected chi connectivity index (χ1v) is 8.53. The highest BCUT2D eigenvalue weighted by atomic mass is 35.5. The van der Waals surface area contributed by atoms with Gasteiger partial charge in [-0.25, -0.2) is 4.68 Å². The van der Waals surface area contributed by atoms with E-state index in [9.17, 15) is 4.79 Å². The fraction of sp³-hybridized carbons (Fsp3) is 0.211. The molecule has 5 nitrogen and oxygen atoms in total. The van der Waals surface area contributed by atoms with E-state index in [1.807, 2.05) is 37.3 Å². The summed E-state index contributed by atoms with van der Waals surface area (Å²) in [5, 5.41) is 11.6. The molecule has 3 rings (SSSR count). The first-order chi connectivity index (χ1) is 12.1. The third-order valence-electron chi connectivity index (χ3n) is 3.90. The molecule has 128 valence electrons. The fourth-order valence-electron chi connectivity index (χ4n) is 2.49. The lowest BCUT2D eigenvalue weighted by Gasteiger charge is -2.12. The molecule has 1 aromatic heterocycles. The van der Waals surface area contributed by atoms with Gasteiger partial charge in [0.1, 0.15) is 0 Å². The first-order valence-electron chi connectivity index (χ1n) is 8.15. The zero-order valence-corrected chi connectivity index (χ0v) is 14.6. The minimum absolute atomic E-state index is 0.0494. The molecular weight excluding hydrogens is 336 g/mol. The quantitative estimate of drug-likeness (QED) is 0.734. The fourth-order valence-corrected chi connectivity index (χ4v) is 2.61. The van der Waals surface area contributed by atoms with E-state index in [1.54, 1.807) is 23.0 Å². The predicted octanol–water partition coefficient (Wildman–Crippen LogP) is 3.67.